The number of rotatable bonds is 9. The van der Waals surface area contributed by atoms with Gasteiger partial charge in [0.15, 0.2) is 6.73 Å². The van der Waals surface area contributed by atoms with Gasteiger partial charge in [0.1, 0.15) is 11.7 Å². The van der Waals surface area contributed by atoms with E-state index in [1.165, 1.54) is 29.0 Å². The molecule has 0 radical (unpaired) electrons. The number of nitrogens with two attached hydrogens (primary N) is 1. The lowest BCUT2D eigenvalue weighted by Crippen LogP contribution is -2.46. The minimum atomic E-state index is -4.66. The summed E-state index contributed by atoms with van der Waals surface area (Å²) in [6, 6.07) is 8.58. The van der Waals surface area contributed by atoms with Crippen molar-refractivity contribution >= 4 is 39.4 Å². The minimum Gasteiger partial charge on any atom is -0.443 e. The van der Waals surface area contributed by atoms with Crippen LogP contribution < -0.4 is 11.3 Å². The van der Waals surface area contributed by atoms with E-state index in [0.717, 1.165) is 24.5 Å². The number of esters is 1. The van der Waals surface area contributed by atoms with Crippen molar-refractivity contribution in [2.75, 3.05) is 13.8 Å². The van der Waals surface area contributed by atoms with E-state index in [-0.39, 0.29) is 41.2 Å². The molecule has 1 unspecified atom stereocenters. The summed E-state index contributed by atoms with van der Waals surface area (Å²) in [5.74, 6) is -1.26. The first-order chi connectivity index (χ1) is 24.1. The highest BCUT2D eigenvalue weighted by molar-refractivity contribution is 9.10. The highest BCUT2D eigenvalue weighted by Crippen LogP contribution is 2.37. The molecule has 6 rings (SSSR count). The van der Waals surface area contributed by atoms with Gasteiger partial charge >= 0.3 is 12.1 Å². The number of hydrogen-bond acceptors (Lipinski definition) is 7. The van der Waals surface area contributed by atoms with Crippen LogP contribution in [0.4, 0.5) is 13.2 Å². The standard InChI is InChI=1S/C36H38BrF3N6O5/c1-19(2)30(41)35(50)51-18-43(4)32(47)22-7-10-25(11-8-22)45-31-24(14-21-5-6-21)16-42-46(31)29-17-44(20(3)13-26(29)34(45)49)33(48)23-9-12-28(37)27(15-23)36(38,39)40/h7-12,15-16,19-21,30H,5-6,13-14,17-18,41H2,1-4H3/t20?,30-/m1/s1. The second kappa shape index (κ2) is 13.9. The number of carbonyl (C=O) groups is 3. The van der Waals surface area contributed by atoms with Gasteiger partial charge in [-0.25, -0.2) is 4.52 Å². The predicted molar refractivity (Wildman–Crippen MR) is 185 cm³/mol. The quantitative estimate of drug-likeness (QED) is 0.179. The van der Waals surface area contributed by atoms with Crippen molar-refractivity contribution in [2.24, 2.45) is 17.6 Å². The molecule has 15 heteroatoms. The van der Waals surface area contributed by atoms with E-state index in [9.17, 15) is 32.3 Å². The van der Waals surface area contributed by atoms with Crippen molar-refractivity contribution < 1.29 is 32.3 Å². The van der Waals surface area contributed by atoms with Crippen LogP contribution in [0.3, 0.4) is 0 Å². The normalized spacial score (nSPS) is 16.7. The van der Waals surface area contributed by atoms with Gasteiger partial charge in [0.2, 0.25) is 0 Å². The highest BCUT2D eigenvalue weighted by Gasteiger charge is 2.37. The van der Waals surface area contributed by atoms with Crippen LogP contribution in [0, 0.1) is 11.8 Å². The van der Waals surface area contributed by atoms with Crippen molar-refractivity contribution in [1.82, 2.24) is 24.0 Å². The molecule has 11 nitrogen and oxygen atoms in total. The van der Waals surface area contributed by atoms with E-state index >= 15 is 0 Å². The number of nitrogens with zero attached hydrogens (tertiary/aromatic N) is 5. The predicted octanol–water partition coefficient (Wildman–Crippen LogP) is 5.36. The smallest absolute Gasteiger partial charge is 0.417 e. The first-order valence-corrected chi connectivity index (χ1v) is 17.4. The molecule has 2 amide bonds. The maximum atomic E-state index is 14.4. The lowest BCUT2D eigenvalue weighted by molar-refractivity contribution is -0.149. The Balaban J connectivity index is 1.33. The van der Waals surface area contributed by atoms with Gasteiger partial charge in [-0.15, -0.1) is 0 Å². The number of fused-ring (bicyclic) bond motifs is 3. The van der Waals surface area contributed by atoms with Gasteiger partial charge < -0.3 is 20.3 Å². The zero-order valence-electron chi connectivity index (χ0n) is 28.5. The number of benzene rings is 2. The molecular weight excluding hydrogens is 733 g/mol. The second-order valence-corrected chi connectivity index (χ2v) is 14.6. The van der Waals surface area contributed by atoms with Crippen LogP contribution in [0.15, 0.2) is 57.9 Å². The summed E-state index contributed by atoms with van der Waals surface area (Å²) in [6.07, 6.45) is 0.0253. The molecule has 3 heterocycles. The van der Waals surface area contributed by atoms with Crippen molar-refractivity contribution in [3.8, 4) is 5.69 Å². The van der Waals surface area contributed by atoms with Crippen LogP contribution in [-0.2, 0) is 35.1 Å². The summed E-state index contributed by atoms with van der Waals surface area (Å²) in [5, 5.41) is 4.67. The molecule has 0 bridgehead atoms. The van der Waals surface area contributed by atoms with E-state index in [4.69, 9.17) is 10.5 Å². The molecule has 0 saturated heterocycles. The Hall–Kier alpha value is -4.50. The molecule has 1 fully saturated rings. The maximum absolute atomic E-state index is 14.4. The lowest BCUT2D eigenvalue weighted by atomic mass is 9.97. The van der Waals surface area contributed by atoms with Crippen LogP contribution in [0.5, 0.6) is 0 Å². The largest absolute Gasteiger partial charge is 0.443 e. The molecule has 1 aliphatic carbocycles. The summed E-state index contributed by atoms with van der Waals surface area (Å²) in [6.45, 7) is 5.03. The molecule has 2 N–H and O–H groups in total. The van der Waals surface area contributed by atoms with Crippen LogP contribution in [-0.4, -0.2) is 67.6 Å². The highest BCUT2D eigenvalue weighted by atomic mass is 79.9. The third-order valence-corrected chi connectivity index (χ3v) is 10.2. The number of aromatic nitrogens is 3. The lowest BCUT2D eigenvalue weighted by Gasteiger charge is -2.35. The number of amides is 2. The molecule has 2 aliphatic rings. The molecule has 2 aromatic carbocycles. The maximum Gasteiger partial charge on any atom is 0.417 e. The van der Waals surface area contributed by atoms with Gasteiger partial charge in [0.05, 0.1) is 29.7 Å². The third-order valence-electron chi connectivity index (χ3n) is 9.54. The Bertz CT molecular complexity index is 2070. The average molecular weight is 772 g/mol. The third kappa shape index (κ3) is 7.18. The zero-order valence-corrected chi connectivity index (χ0v) is 30.1. The Morgan fingerprint density at radius 3 is 2.39 bits per heavy atom. The van der Waals surface area contributed by atoms with Gasteiger partial charge in [-0.3, -0.25) is 23.7 Å². The van der Waals surface area contributed by atoms with Gasteiger partial charge in [-0.2, -0.15) is 18.3 Å². The van der Waals surface area contributed by atoms with E-state index in [1.54, 1.807) is 60.3 Å². The first-order valence-electron chi connectivity index (χ1n) is 16.7. The van der Waals surface area contributed by atoms with E-state index < -0.39 is 41.6 Å². The van der Waals surface area contributed by atoms with Crippen LogP contribution in [0.25, 0.3) is 11.3 Å². The summed E-state index contributed by atoms with van der Waals surface area (Å²) >= 11 is 2.93. The Labute approximate surface area is 300 Å². The second-order valence-electron chi connectivity index (χ2n) is 13.7. The molecule has 4 aromatic rings. The first kappa shape index (κ1) is 36.3. The number of ether oxygens (including phenoxy) is 1. The van der Waals surface area contributed by atoms with Crippen molar-refractivity contribution in [3.05, 3.63) is 97.0 Å². The van der Waals surface area contributed by atoms with Crippen molar-refractivity contribution in [2.45, 2.75) is 71.3 Å². The number of alkyl halides is 3. The number of halogens is 4. The zero-order chi connectivity index (χ0) is 36.9. The van der Waals surface area contributed by atoms with Gasteiger partial charge in [-0.1, -0.05) is 29.8 Å². The molecule has 0 spiro atoms. The Morgan fingerprint density at radius 1 is 1.10 bits per heavy atom. The summed E-state index contributed by atoms with van der Waals surface area (Å²) in [4.78, 5) is 56.2. The summed E-state index contributed by atoms with van der Waals surface area (Å²) < 4.78 is 49.3. The minimum absolute atomic E-state index is 0.0315. The van der Waals surface area contributed by atoms with Gasteiger partial charge in [0.25, 0.3) is 17.4 Å². The molecule has 2 atom stereocenters. The molecular formula is C36H38BrF3N6O5. The van der Waals surface area contributed by atoms with Gasteiger partial charge in [-0.05, 0) is 86.9 Å². The van der Waals surface area contributed by atoms with Crippen molar-refractivity contribution in [3.63, 3.8) is 0 Å². The molecule has 51 heavy (non-hydrogen) atoms. The molecule has 270 valence electrons. The van der Waals surface area contributed by atoms with E-state index in [2.05, 4.69) is 21.0 Å². The van der Waals surface area contributed by atoms with E-state index in [0.29, 0.717) is 40.5 Å². The summed E-state index contributed by atoms with van der Waals surface area (Å²) in [7, 11) is 1.50. The van der Waals surface area contributed by atoms with Crippen LogP contribution in [0.2, 0.25) is 0 Å². The fourth-order valence-corrected chi connectivity index (χ4v) is 6.75. The van der Waals surface area contributed by atoms with E-state index in [1.807, 2.05) is 0 Å². The summed E-state index contributed by atoms with van der Waals surface area (Å²) in [5.41, 5.74) is 7.59. The topological polar surface area (TPSA) is 132 Å². The Morgan fingerprint density at radius 2 is 1.76 bits per heavy atom. The fraction of sp³-hybridized carbons (Fsp3) is 0.417. The Kier molecular flexibility index (Phi) is 9.90. The SMILES string of the molecule is CC(C)[C@@H](N)C(=O)OCN(C)C(=O)c1ccc(-n2c(=O)c3c(n4ncc(CC5CC5)c24)CN(C(=O)c2ccc(Br)c(C(F)(F)F)c2)C(C)C3)cc1. The fourth-order valence-electron chi connectivity index (χ4n) is 6.28. The van der Waals surface area contributed by atoms with Crippen molar-refractivity contribution in [1.29, 1.82) is 0 Å². The van der Waals surface area contributed by atoms with Crippen LogP contribution in [0.1, 0.15) is 76.7 Å². The van der Waals surface area contributed by atoms with Gasteiger partial charge in [0, 0.05) is 39.8 Å². The monoisotopic (exact) mass is 770 g/mol. The average Bonchev–Trinajstić information content (AvgIpc) is 3.83. The number of carbonyl (C=O) groups excluding carboxylic acids is 3. The molecule has 2 aromatic heterocycles. The molecule has 1 aliphatic heterocycles. The number of hydrogen-bond donors (Lipinski definition) is 1. The molecule has 1 saturated carbocycles. The van der Waals surface area contributed by atoms with Crippen LogP contribution >= 0.6 is 15.9 Å².